The van der Waals surface area contributed by atoms with Crippen LogP contribution in [-0.4, -0.2) is 18.4 Å². The fraction of sp³-hybridized carbons (Fsp3) is 0.273. The molecule has 0 bridgehead atoms. The van der Waals surface area contributed by atoms with Crippen molar-refractivity contribution in [3.8, 4) is 0 Å². The normalized spacial score (nSPS) is 13.4. The monoisotopic (exact) mass is 345 g/mol. The van der Waals surface area contributed by atoms with Gasteiger partial charge in [-0.15, -0.1) is 0 Å². The van der Waals surface area contributed by atoms with Crippen molar-refractivity contribution in [1.82, 2.24) is 14.7 Å². The van der Waals surface area contributed by atoms with Crippen molar-refractivity contribution in [2.75, 3.05) is 0 Å². The zero-order valence-corrected chi connectivity index (χ0v) is 12.7. The van der Waals surface area contributed by atoms with Crippen LogP contribution >= 0.6 is 15.9 Å². The van der Waals surface area contributed by atoms with Crippen LogP contribution in [0.1, 0.15) is 24.5 Å². The van der Waals surface area contributed by atoms with Gasteiger partial charge in [0.2, 0.25) is 5.09 Å². The van der Waals surface area contributed by atoms with Gasteiger partial charge in [0.15, 0.2) is 0 Å². The smallest absolute Gasteiger partial charge is 0.275 e. The Bertz CT molecular complexity index is 684. The van der Waals surface area contributed by atoms with Crippen molar-refractivity contribution in [3.63, 3.8) is 0 Å². The Kier molecular flexibility index (Phi) is 4.02. The number of aryl methyl sites for hydroxylation is 1. The van der Waals surface area contributed by atoms with Gasteiger partial charge in [0.05, 0.1) is 16.8 Å². The highest BCUT2D eigenvalue weighted by Gasteiger charge is 2.25. The first kappa shape index (κ1) is 14.2. The molecule has 1 N–H and O–H groups in total. The molecule has 8 heteroatoms. The van der Waals surface area contributed by atoms with Crippen LogP contribution in [0.15, 0.2) is 38.6 Å². The molecule has 0 fully saturated rings. The average Bonchev–Trinajstić information content (AvgIpc) is 2.75. The largest absolute Gasteiger partial charge is 0.451 e. The highest BCUT2D eigenvalue weighted by atomic mass is 79.9. The van der Waals surface area contributed by atoms with Gasteiger partial charge in [0.1, 0.15) is 5.82 Å². The van der Waals surface area contributed by atoms with Crippen LogP contribution in [0.25, 0.3) is 0 Å². The van der Waals surface area contributed by atoms with E-state index in [-0.39, 0.29) is 5.09 Å². The third-order valence-electron chi connectivity index (χ3n) is 2.36. The van der Waals surface area contributed by atoms with Gasteiger partial charge in [0, 0.05) is 11.9 Å². The Hall–Kier alpha value is -1.25. The van der Waals surface area contributed by atoms with E-state index in [1.54, 1.807) is 19.2 Å². The third-order valence-corrected chi connectivity index (χ3v) is 4.72. The van der Waals surface area contributed by atoms with Gasteiger partial charge in [-0.25, -0.2) is 18.4 Å². The Labute approximate surface area is 119 Å². The molecule has 19 heavy (non-hydrogen) atoms. The maximum Gasteiger partial charge on any atom is 0.275 e. The van der Waals surface area contributed by atoms with Crippen LogP contribution in [0.2, 0.25) is 0 Å². The maximum absolute atomic E-state index is 12.1. The van der Waals surface area contributed by atoms with E-state index in [1.807, 2.05) is 6.92 Å². The first-order valence-electron chi connectivity index (χ1n) is 5.45. The predicted octanol–water partition coefficient (Wildman–Crippen LogP) is 2.18. The van der Waals surface area contributed by atoms with E-state index in [4.69, 9.17) is 4.42 Å². The van der Waals surface area contributed by atoms with Gasteiger partial charge < -0.3 is 4.42 Å². The minimum absolute atomic E-state index is 0.160. The number of aromatic nitrogens is 2. The summed E-state index contributed by atoms with van der Waals surface area (Å²) >= 11 is 3.12. The van der Waals surface area contributed by atoms with E-state index in [9.17, 15) is 8.42 Å². The second-order valence-corrected chi connectivity index (χ2v) is 6.42. The third kappa shape index (κ3) is 3.20. The zero-order valence-electron chi connectivity index (χ0n) is 10.3. The number of nitrogens with one attached hydrogen (secondary N) is 1. The van der Waals surface area contributed by atoms with Crippen LogP contribution in [-0.2, 0) is 10.0 Å². The van der Waals surface area contributed by atoms with Gasteiger partial charge in [-0.05, 0) is 41.9 Å². The van der Waals surface area contributed by atoms with E-state index < -0.39 is 16.1 Å². The fourth-order valence-electron chi connectivity index (χ4n) is 1.49. The number of nitrogens with zero attached hydrogens (tertiary/aromatic N) is 2. The van der Waals surface area contributed by atoms with Crippen LogP contribution in [0.4, 0.5) is 0 Å². The standard InChI is InChI=1S/C11H12BrN3O3S/c1-7-3-5-13-10(14-7)8(2)15-19(16,17)11-9(12)4-6-18-11/h3-6,8,15H,1-2H3/t8-/m0/s1. The summed E-state index contributed by atoms with van der Waals surface area (Å²) in [5, 5.41) is -0.160. The molecule has 2 heterocycles. The molecule has 6 nitrogen and oxygen atoms in total. The van der Waals surface area contributed by atoms with Crippen molar-refractivity contribution in [2.24, 2.45) is 0 Å². The summed E-state index contributed by atoms with van der Waals surface area (Å²) in [4.78, 5) is 8.23. The summed E-state index contributed by atoms with van der Waals surface area (Å²) in [6.07, 6.45) is 2.89. The van der Waals surface area contributed by atoms with E-state index in [2.05, 4.69) is 30.6 Å². The van der Waals surface area contributed by atoms with E-state index in [0.29, 0.717) is 10.3 Å². The van der Waals surface area contributed by atoms with Crippen molar-refractivity contribution in [2.45, 2.75) is 25.0 Å². The molecule has 2 aromatic heterocycles. The van der Waals surface area contributed by atoms with E-state index in [1.165, 1.54) is 12.3 Å². The lowest BCUT2D eigenvalue weighted by atomic mass is 10.3. The summed E-state index contributed by atoms with van der Waals surface area (Å²) in [5.41, 5.74) is 0.773. The summed E-state index contributed by atoms with van der Waals surface area (Å²) in [7, 11) is -3.75. The van der Waals surface area contributed by atoms with Gasteiger partial charge in [-0.2, -0.15) is 4.72 Å². The molecule has 0 radical (unpaired) electrons. The van der Waals surface area contributed by atoms with Gasteiger partial charge >= 0.3 is 0 Å². The van der Waals surface area contributed by atoms with Gasteiger partial charge in [0.25, 0.3) is 10.0 Å². The van der Waals surface area contributed by atoms with Gasteiger partial charge in [-0.3, -0.25) is 0 Å². The molecule has 0 unspecified atom stereocenters. The van der Waals surface area contributed by atoms with Crippen LogP contribution in [0, 0.1) is 6.92 Å². The minimum Gasteiger partial charge on any atom is -0.451 e. The Morgan fingerprint density at radius 1 is 1.42 bits per heavy atom. The number of rotatable bonds is 4. The van der Waals surface area contributed by atoms with Crippen molar-refractivity contribution >= 4 is 26.0 Å². The minimum atomic E-state index is -3.75. The second kappa shape index (κ2) is 5.40. The number of sulfonamides is 1. The predicted molar refractivity (Wildman–Crippen MR) is 71.9 cm³/mol. The molecule has 0 aliphatic rings. The van der Waals surface area contributed by atoms with E-state index >= 15 is 0 Å². The summed E-state index contributed by atoms with van der Waals surface area (Å²) < 4.78 is 32.0. The molecule has 0 saturated carbocycles. The number of furan rings is 1. The van der Waals surface area contributed by atoms with Crippen LogP contribution in [0.3, 0.4) is 0 Å². The molecular weight excluding hydrogens is 334 g/mol. The number of hydrogen-bond donors (Lipinski definition) is 1. The summed E-state index contributed by atoms with van der Waals surface area (Å²) in [6, 6.07) is 2.71. The molecule has 0 spiro atoms. The summed E-state index contributed by atoms with van der Waals surface area (Å²) in [5.74, 6) is 0.409. The second-order valence-electron chi connectivity index (χ2n) is 3.96. The van der Waals surface area contributed by atoms with Crippen molar-refractivity contribution in [1.29, 1.82) is 0 Å². The molecule has 0 amide bonds. The van der Waals surface area contributed by atoms with Crippen LogP contribution < -0.4 is 4.72 Å². The van der Waals surface area contributed by atoms with Crippen molar-refractivity contribution in [3.05, 3.63) is 40.6 Å². The highest BCUT2D eigenvalue weighted by Crippen LogP contribution is 2.24. The molecule has 102 valence electrons. The lowest BCUT2D eigenvalue weighted by Gasteiger charge is -2.12. The number of halogens is 1. The van der Waals surface area contributed by atoms with Crippen LogP contribution in [0.5, 0.6) is 0 Å². The Morgan fingerprint density at radius 2 is 2.16 bits per heavy atom. The SMILES string of the molecule is Cc1ccnc([C@H](C)NS(=O)(=O)c2occc2Br)n1. The first-order chi connectivity index (χ1) is 8.90. The topological polar surface area (TPSA) is 85.1 Å². The fourth-order valence-corrected chi connectivity index (χ4v) is 3.51. The molecule has 0 aromatic carbocycles. The Morgan fingerprint density at radius 3 is 2.74 bits per heavy atom. The molecule has 2 aromatic rings. The van der Waals surface area contributed by atoms with E-state index in [0.717, 1.165) is 5.69 Å². The molecule has 1 atom stereocenters. The zero-order chi connectivity index (χ0) is 14.0. The highest BCUT2D eigenvalue weighted by molar-refractivity contribution is 9.10. The molecule has 2 rings (SSSR count). The van der Waals surface area contributed by atoms with Gasteiger partial charge in [-0.1, -0.05) is 0 Å². The maximum atomic E-state index is 12.1. The Balaban J connectivity index is 2.24. The summed E-state index contributed by atoms with van der Waals surface area (Å²) in [6.45, 7) is 3.48. The lowest BCUT2D eigenvalue weighted by Crippen LogP contribution is -2.28. The lowest BCUT2D eigenvalue weighted by molar-refractivity contribution is 0.439. The average molecular weight is 346 g/mol. The molecule has 0 aliphatic carbocycles. The quantitative estimate of drug-likeness (QED) is 0.917. The molecular formula is C11H12BrN3O3S. The van der Waals surface area contributed by atoms with Crippen molar-refractivity contribution < 1.29 is 12.8 Å². The molecule has 0 saturated heterocycles. The first-order valence-corrected chi connectivity index (χ1v) is 7.72. The number of hydrogen-bond acceptors (Lipinski definition) is 5. The molecule has 0 aliphatic heterocycles.